The summed E-state index contributed by atoms with van der Waals surface area (Å²) in [6.45, 7) is 30.8. The molecule has 0 amide bonds. The van der Waals surface area contributed by atoms with Crippen molar-refractivity contribution in [2.24, 2.45) is 0 Å². The van der Waals surface area contributed by atoms with E-state index in [1.807, 2.05) is 56.3 Å². The molecule has 0 fully saturated rings. The number of ether oxygens (including phenoxy) is 16. The number of carbonyl (C=O) groups is 10. The Morgan fingerprint density at radius 1 is 0.250 bits per heavy atom. The van der Waals surface area contributed by atoms with Gasteiger partial charge in [-0.2, -0.15) is 0 Å². The van der Waals surface area contributed by atoms with Crippen LogP contribution in [0.5, 0.6) is 69.0 Å². The molecule has 0 spiro atoms. The fourth-order valence-corrected chi connectivity index (χ4v) is 13.9. The number of allylic oxidation sites excluding steroid dienone is 1. The van der Waals surface area contributed by atoms with E-state index in [4.69, 9.17) is 75.8 Å². The van der Waals surface area contributed by atoms with Crippen molar-refractivity contribution in [3.05, 3.63) is 278 Å². The predicted octanol–water partition coefficient (Wildman–Crippen LogP) is 26.9. The minimum absolute atomic E-state index is 0.0185. The lowest BCUT2D eigenvalue weighted by Gasteiger charge is -2.16. The highest BCUT2D eigenvalue weighted by molar-refractivity contribution is 5.99. The summed E-state index contributed by atoms with van der Waals surface area (Å²) in [5.41, 5.74) is 4.64. The summed E-state index contributed by atoms with van der Waals surface area (Å²) in [4.78, 5) is 123. The Morgan fingerprint density at radius 3 is 0.917 bits per heavy atom. The molecule has 0 bridgehead atoms. The quantitative estimate of drug-likeness (QED) is 0.0112. The molecule has 0 N–H and O–H groups in total. The summed E-state index contributed by atoms with van der Waals surface area (Å²) in [6.07, 6.45) is 33.7. The number of methoxy groups -OCH3 is 1. The standard InChI is InChI=1S/C81H92O18.C24H26O7.C9H20.C4H6O/c1-7-11-12-13-14-15-21-51-93-73-45-37-64(60-30-28-59(29-31-60)63-36-44-72(89-10-4)74(55-63)98-80(86)68-54-58(5)27-43-70(68)92-50-22-17-19-24-53-95-77(83)9-3)56-75(73)99-81(87)69-57-67(42-46-71(69)97-79(85)62-34-40-66(41-35-62)91-49-26-25-47-88-6)96-78(84)61-32-38-65(39-33-61)90-48-20-16-18-23-52-94-76(82)8-2;1-3-23(26)29-17-7-5-4-6-16-28-20-10-8-19(9-11-20)24(27)31-22-14-12-21(13-15-22)30-18(2)25;1-3-5-7-9-8-6-4-2;1-3-4(2)5/h8-9,27-46,54-57H,2-3,7,10-26,47-53H2,1,4-6H3;3,8-15H,1,4-7,16-17H2,2H3;3-9H2,1-2H3;3H,1H2,2H3. The number of benzene rings is 9. The maximum Gasteiger partial charge on any atom is 0.347 e. The molecule has 0 unspecified atom stereocenters. The smallest absolute Gasteiger partial charge is 0.347 e. The molecule has 26 heteroatoms. The predicted molar refractivity (Wildman–Crippen MR) is 558 cm³/mol. The van der Waals surface area contributed by atoms with E-state index >= 15 is 0 Å². The van der Waals surface area contributed by atoms with Gasteiger partial charge in [-0.1, -0.05) is 179 Å². The molecular weight excluding hydrogens is 1830 g/mol. The lowest BCUT2D eigenvalue weighted by Crippen LogP contribution is -2.16. The first-order valence-corrected chi connectivity index (χ1v) is 50.0. The molecule has 144 heavy (non-hydrogen) atoms. The zero-order valence-electron chi connectivity index (χ0n) is 85.1. The third kappa shape index (κ3) is 47.9. The Hall–Kier alpha value is -14.4. The Labute approximate surface area is 849 Å². The van der Waals surface area contributed by atoms with Crippen LogP contribution in [0.3, 0.4) is 0 Å². The molecular formula is C118H144O26. The zero-order chi connectivity index (χ0) is 104. The van der Waals surface area contributed by atoms with Gasteiger partial charge in [0.05, 0.1) is 76.2 Å². The molecule has 9 aromatic carbocycles. The van der Waals surface area contributed by atoms with Crippen molar-refractivity contribution in [3.8, 4) is 91.2 Å². The average molecular weight is 1980 g/mol. The van der Waals surface area contributed by atoms with Gasteiger partial charge >= 0.3 is 53.7 Å². The van der Waals surface area contributed by atoms with E-state index in [1.54, 1.807) is 141 Å². The maximum absolute atomic E-state index is 14.9. The number of ketones is 1. The Kier molecular flexibility index (Phi) is 58.4. The minimum atomic E-state index is -0.939. The van der Waals surface area contributed by atoms with Crippen LogP contribution in [-0.4, -0.2) is 133 Å². The Morgan fingerprint density at radius 2 is 0.542 bits per heavy atom. The summed E-state index contributed by atoms with van der Waals surface area (Å²) in [7, 11) is 1.65. The lowest BCUT2D eigenvalue weighted by atomic mass is 9.99. The van der Waals surface area contributed by atoms with Crippen LogP contribution in [0.15, 0.2) is 245 Å². The van der Waals surface area contributed by atoms with Crippen LogP contribution in [0, 0.1) is 6.92 Å². The topological polar surface area (TPSA) is 318 Å². The van der Waals surface area contributed by atoms with Crippen molar-refractivity contribution in [2.45, 2.75) is 228 Å². The van der Waals surface area contributed by atoms with Gasteiger partial charge in [0.25, 0.3) is 0 Å². The second-order valence-corrected chi connectivity index (χ2v) is 33.6. The van der Waals surface area contributed by atoms with Gasteiger partial charge in [-0.05, 0) is 297 Å². The number of rotatable bonds is 64. The third-order valence-corrected chi connectivity index (χ3v) is 21.8. The highest BCUT2D eigenvalue weighted by Gasteiger charge is 2.26. The van der Waals surface area contributed by atoms with Gasteiger partial charge in [-0.3, -0.25) is 9.59 Å². The van der Waals surface area contributed by atoms with Crippen LogP contribution in [0.1, 0.15) is 279 Å². The average Bonchev–Trinajstić information content (AvgIpc) is 0.794. The van der Waals surface area contributed by atoms with Gasteiger partial charge in [0.2, 0.25) is 0 Å². The van der Waals surface area contributed by atoms with Gasteiger partial charge in [0.15, 0.2) is 28.8 Å². The molecule has 0 saturated carbocycles. The highest BCUT2D eigenvalue weighted by Crippen LogP contribution is 2.39. The Bertz CT molecular complexity index is 5400. The van der Waals surface area contributed by atoms with E-state index in [2.05, 4.69) is 47.1 Å². The summed E-state index contributed by atoms with van der Waals surface area (Å²) < 4.78 is 90.5. The second-order valence-electron chi connectivity index (χ2n) is 33.6. The molecule has 26 nitrogen and oxygen atoms in total. The number of unbranched alkanes of at least 4 members (excludes halogenated alkanes) is 22. The summed E-state index contributed by atoms with van der Waals surface area (Å²) >= 11 is 0. The second kappa shape index (κ2) is 71.1. The molecule has 0 aliphatic rings. The molecule has 9 aromatic rings. The van der Waals surface area contributed by atoms with Crippen molar-refractivity contribution < 1.29 is 124 Å². The van der Waals surface area contributed by atoms with Crippen LogP contribution >= 0.6 is 0 Å². The van der Waals surface area contributed by atoms with Crippen LogP contribution in [0.4, 0.5) is 0 Å². The van der Waals surface area contributed by atoms with E-state index in [0.29, 0.717) is 123 Å². The number of hydrogen-bond donors (Lipinski definition) is 0. The first kappa shape index (κ1) is 118. The van der Waals surface area contributed by atoms with Crippen LogP contribution in [0.25, 0.3) is 22.3 Å². The molecule has 0 heterocycles. The normalized spacial score (nSPS) is 10.4. The van der Waals surface area contributed by atoms with E-state index in [-0.39, 0.29) is 51.0 Å². The number of carbonyl (C=O) groups excluding carboxylic acids is 10. The SMILES string of the molecule is C=CC(=O)OCCCCCCOc1ccc(C(=O)Oc2ccc(OC(=O)c3ccc(OCCCCOC)cc3)c(C(=O)Oc3cc(-c4ccc(-c5ccc(OCC)c(OC(=O)c6cc(C)ccc6OCCCCCCOC(=O)C=C)c5)cc4)ccc3OCCCCCCCCC)c2)cc1.C=CC(=O)OCCCCCCOc1ccc(C(=O)Oc2ccc(OC(C)=O)cc2)cc1.C=CC(C)=O.CCCCCCCCC. The summed E-state index contributed by atoms with van der Waals surface area (Å²) in [6, 6.07) is 53.7. The molecule has 772 valence electrons. The highest BCUT2D eigenvalue weighted by atomic mass is 16.6. The monoisotopic (exact) mass is 1980 g/mol. The van der Waals surface area contributed by atoms with E-state index in [1.165, 1.54) is 95.9 Å². The van der Waals surface area contributed by atoms with Crippen molar-refractivity contribution in [3.63, 3.8) is 0 Å². The van der Waals surface area contributed by atoms with Crippen LogP contribution < -0.4 is 56.8 Å². The first-order chi connectivity index (χ1) is 69.9. The minimum Gasteiger partial charge on any atom is -0.494 e. The summed E-state index contributed by atoms with van der Waals surface area (Å²) in [5.74, 6) is -1.55. The molecule has 0 aliphatic heterocycles. The van der Waals surface area contributed by atoms with Gasteiger partial charge < -0.3 is 75.8 Å². The van der Waals surface area contributed by atoms with Crippen molar-refractivity contribution >= 4 is 59.5 Å². The lowest BCUT2D eigenvalue weighted by molar-refractivity contribution is -0.138. The number of esters is 9. The summed E-state index contributed by atoms with van der Waals surface area (Å²) in [5, 5.41) is 0. The fraction of sp³-hybridized carbons (Fsp3) is 0.390. The molecule has 9 rings (SSSR count). The van der Waals surface area contributed by atoms with Gasteiger partial charge in [-0.15, -0.1) is 0 Å². The van der Waals surface area contributed by atoms with Crippen LogP contribution in [0.2, 0.25) is 0 Å². The molecule has 0 atom stereocenters. The van der Waals surface area contributed by atoms with E-state index in [0.717, 1.165) is 162 Å². The molecule has 0 aromatic heterocycles. The van der Waals surface area contributed by atoms with Gasteiger partial charge in [0, 0.05) is 38.9 Å². The number of hydrogen-bond acceptors (Lipinski definition) is 26. The van der Waals surface area contributed by atoms with Crippen LogP contribution in [-0.2, 0) is 42.9 Å². The van der Waals surface area contributed by atoms with E-state index < -0.39 is 53.7 Å². The van der Waals surface area contributed by atoms with Crippen molar-refractivity contribution in [1.82, 2.24) is 0 Å². The molecule has 0 aliphatic carbocycles. The number of aryl methyl sites for hydroxylation is 1. The first-order valence-electron chi connectivity index (χ1n) is 50.0. The maximum atomic E-state index is 14.9. The zero-order valence-corrected chi connectivity index (χ0v) is 85.1. The fourth-order valence-electron chi connectivity index (χ4n) is 13.9. The van der Waals surface area contributed by atoms with Gasteiger partial charge in [-0.25, -0.2) is 38.4 Å². The molecule has 0 radical (unpaired) electrons. The largest absolute Gasteiger partial charge is 0.494 e. The van der Waals surface area contributed by atoms with E-state index in [9.17, 15) is 47.9 Å². The van der Waals surface area contributed by atoms with Gasteiger partial charge in [0.1, 0.15) is 57.1 Å². The van der Waals surface area contributed by atoms with Crippen molar-refractivity contribution in [2.75, 3.05) is 73.2 Å². The van der Waals surface area contributed by atoms with Crippen molar-refractivity contribution in [1.29, 1.82) is 0 Å². The molecule has 0 saturated heterocycles. The third-order valence-electron chi connectivity index (χ3n) is 21.8. The Balaban J connectivity index is 0.000000576.